The second kappa shape index (κ2) is 44.3. The van der Waals surface area contributed by atoms with E-state index in [9.17, 15) is 14.4 Å². The van der Waals surface area contributed by atoms with Gasteiger partial charge in [-0.25, -0.2) is 4.90 Å². The topological polar surface area (TPSA) is 54.5 Å². The molecule has 3 amide bonds. The minimum atomic E-state index is -0.257. The fraction of sp³-hybridized carbons (Fsp3) is 0.900. The molecule has 0 bridgehead atoms. The maximum atomic E-state index is 13.3. The van der Waals surface area contributed by atoms with E-state index in [0.717, 1.165) is 69.1 Å². The maximum absolute atomic E-state index is 13.3. The van der Waals surface area contributed by atoms with Crippen molar-refractivity contribution >= 4 is 17.7 Å². The van der Waals surface area contributed by atoms with Gasteiger partial charge in [-0.1, -0.05) is 238 Å². The molecule has 318 valence electrons. The lowest BCUT2D eigenvalue weighted by atomic mass is 10.0. The molecular formula is C50H95NO3. The molecule has 0 radical (unpaired) electrons. The third-order valence-corrected chi connectivity index (χ3v) is 11.4. The van der Waals surface area contributed by atoms with Gasteiger partial charge in [0.15, 0.2) is 0 Å². The summed E-state index contributed by atoms with van der Waals surface area (Å²) in [6, 6.07) is 0. The van der Waals surface area contributed by atoms with Gasteiger partial charge in [-0.05, 0) is 44.9 Å². The Hall–Kier alpha value is -1.45. The number of hydrogen-bond acceptors (Lipinski definition) is 3. The first-order chi connectivity index (χ1) is 26.6. The molecule has 0 saturated heterocycles. The molecule has 0 aliphatic carbocycles. The maximum Gasteiger partial charge on any atom is 0.236 e. The predicted molar refractivity (Wildman–Crippen MR) is 237 cm³/mol. The minimum Gasteiger partial charge on any atom is -0.274 e. The fourth-order valence-electron chi connectivity index (χ4n) is 7.69. The molecule has 0 rings (SSSR count). The zero-order chi connectivity index (χ0) is 39.4. The molecule has 0 aromatic rings. The number of unbranched alkanes of at least 4 members (excludes halogenated alkanes) is 35. The predicted octanol–water partition coefficient (Wildman–Crippen LogP) is 16.9. The number of imide groups is 3. The summed E-state index contributed by atoms with van der Waals surface area (Å²) in [7, 11) is 0. The summed E-state index contributed by atoms with van der Waals surface area (Å²) < 4.78 is 0. The quantitative estimate of drug-likeness (QED) is 0.0460. The second-order valence-corrected chi connectivity index (χ2v) is 16.8. The summed E-state index contributed by atoms with van der Waals surface area (Å²) in [5.74, 6) is -0.766. The second-order valence-electron chi connectivity index (χ2n) is 16.8. The molecule has 0 saturated carbocycles. The molecule has 0 aliphatic rings. The smallest absolute Gasteiger partial charge is 0.236 e. The molecular weight excluding hydrogens is 663 g/mol. The molecule has 0 spiro atoms. The molecule has 0 aromatic heterocycles. The van der Waals surface area contributed by atoms with E-state index in [2.05, 4.69) is 32.9 Å². The number of allylic oxidation sites excluding steroid dienone is 2. The first-order valence-corrected chi connectivity index (χ1v) is 24.6. The SMILES string of the molecule is CCCCCCCC/C=C\CCCCCCCC(=O)N(C(=O)CCCCCCCCCCCCCCC)C(=O)CCCCCCCCCCCCCCC. The van der Waals surface area contributed by atoms with Crippen LogP contribution in [-0.2, 0) is 14.4 Å². The van der Waals surface area contributed by atoms with Gasteiger partial charge in [-0.3, -0.25) is 14.4 Å². The Morgan fingerprint density at radius 2 is 0.463 bits per heavy atom. The average Bonchev–Trinajstić information content (AvgIpc) is 3.17. The minimum absolute atomic E-state index is 0.254. The Labute approximate surface area is 338 Å². The Balaban J connectivity index is 4.40. The summed E-state index contributed by atoms with van der Waals surface area (Å²) in [5.41, 5.74) is 0. The number of carbonyl (C=O) groups is 3. The average molecular weight is 758 g/mol. The van der Waals surface area contributed by atoms with Crippen LogP contribution >= 0.6 is 0 Å². The van der Waals surface area contributed by atoms with Gasteiger partial charge in [-0.15, -0.1) is 0 Å². The van der Waals surface area contributed by atoms with Crippen molar-refractivity contribution in [1.29, 1.82) is 0 Å². The van der Waals surface area contributed by atoms with E-state index in [4.69, 9.17) is 0 Å². The molecule has 0 unspecified atom stereocenters. The lowest BCUT2D eigenvalue weighted by molar-refractivity contribution is -0.154. The van der Waals surface area contributed by atoms with Gasteiger partial charge in [0.05, 0.1) is 0 Å². The first-order valence-electron chi connectivity index (χ1n) is 24.6. The highest BCUT2D eigenvalue weighted by atomic mass is 16.2. The van der Waals surface area contributed by atoms with Crippen molar-refractivity contribution in [3.05, 3.63) is 12.2 Å². The van der Waals surface area contributed by atoms with Crippen molar-refractivity contribution in [3.8, 4) is 0 Å². The van der Waals surface area contributed by atoms with E-state index in [-0.39, 0.29) is 17.7 Å². The van der Waals surface area contributed by atoms with Crippen LogP contribution in [0.4, 0.5) is 0 Å². The van der Waals surface area contributed by atoms with E-state index < -0.39 is 0 Å². The highest BCUT2D eigenvalue weighted by Gasteiger charge is 2.27. The van der Waals surface area contributed by atoms with Gasteiger partial charge < -0.3 is 0 Å². The molecule has 0 heterocycles. The summed E-state index contributed by atoms with van der Waals surface area (Å²) in [6.45, 7) is 6.81. The fourth-order valence-corrected chi connectivity index (χ4v) is 7.69. The molecule has 0 aliphatic heterocycles. The molecule has 0 fully saturated rings. The Bertz CT molecular complexity index is 794. The van der Waals surface area contributed by atoms with Crippen molar-refractivity contribution in [2.75, 3.05) is 0 Å². The summed E-state index contributed by atoms with van der Waals surface area (Å²) in [5, 5.41) is 0. The van der Waals surface area contributed by atoms with Crippen molar-refractivity contribution in [3.63, 3.8) is 0 Å². The summed E-state index contributed by atoms with van der Waals surface area (Å²) in [6.07, 6.45) is 54.0. The van der Waals surface area contributed by atoms with Crippen LogP contribution in [0.2, 0.25) is 0 Å². The van der Waals surface area contributed by atoms with Crippen LogP contribution in [-0.4, -0.2) is 22.6 Å². The molecule has 0 atom stereocenters. The van der Waals surface area contributed by atoms with Crippen molar-refractivity contribution in [1.82, 2.24) is 4.90 Å². The summed E-state index contributed by atoms with van der Waals surface area (Å²) >= 11 is 0. The highest BCUT2D eigenvalue weighted by Crippen LogP contribution is 2.17. The Kier molecular flexibility index (Phi) is 43.1. The van der Waals surface area contributed by atoms with Crippen molar-refractivity contribution < 1.29 is 14.4 Å². The van der Waals surface area contributed by atoms with Crippen LogP contribution in [0.3, 0.4) is 0 Å². The van der Waals surface area contributed by atoms with E-state index in [0.29, 0.717) is 19.3 Å². The number of hydrogen-bond donors (Lipinski definition) is 0. The van der Waals surface area contributed by atoms with Gasteiger partial charge >= 0.3 is 0 Å². The van der Waals surface area contributed by atoms with Crippen LogP contribution in [0, 0.1) is 0 Å². The third kappa shape index (κ3) is 37.5. The Morgan fingerprint density at radius 1 is 0.278 bits per heavy atom. The Morgan fingerprint density at radius 3 is 0.685 bits per heavy atom. The van der Waals surface area contributed by atoms with Crippen LogP contribution in [0.15, 0.2) is 12.2 Å². The van der Waals surface area contributed by atoms with Crippen molar-refractivity contribution in [2.24, 2.45) is 0 Å². The monoisotopic (exact) mass is 758 g/mol. The zero-order valence-electron chi connectivity index (χ0n) is 37.0. The third-order valence-electron chi connectivity index (χ3n) is 11.4. The molecule has 0 N–H and O–H groups in total. The number of amides is 3. The summed E-state index contributed by atoms with van der Waals surface area (Å²) in [4.78, 5) is 41.0. The standard InChI is InChI=1S/C50H95NO3/c1-4-7-10-13-16-19-22-25-26-29-32-35-38-41-44-47-50(54)51(48(52)45-42-39-36-33-30-27-23-20-17-14-11-8-5-2)49(53)46-43-40-37-34-31-28-24-21-18-15-12-9-6-3/h25-26H,4-24,27-47H2,1-3H3/b26-25-. The van der Waals surface area contributed by atoms with E-state index in [1.807, 2.05) is 0 Å². The van der Waals surface area contributed by atoms with E-state index >= 15 is 0 Å². The van der Waals surface area contributed by atoms with Gasteiger partial charge in [0.2, 0.25) is 17.7 Å². The van der Waals surface area contributed by atoms with Crippen LogP contribution < -0.4 is 0 Å². The van der Waals surface area contributed by atoms with Crippen LogP contribution in [0.25, 0.3) is 0 Å². The van der Waals surface area contributed by atoms with E-state index in [1.54, 1.807) is 0 Å². The van der Waals surface area contributed by atoms with E-state index in [1.165, 1.54) is 186 Å². The lowest BCUT2D eigenvalue weighted by Crippen LogP contribution is -2.41. The largest absolute Gasteiger partial charge is 0.274 e. The number of carbonyl (C=O) groups excluding carboxylic acids is 3. The van der Waals surface area contributed by atoms with Gasteiger partial charge in [0.25, 0.3) is 0 Å². The molecule has 54 heavy (non-hydrogen) atoms. The first kappa shape index (κ1) is 52.6. The number of nitrogens with zero attached hydrogens (tertiary/aromatic N) is 1. The van der Waals surface area contributed by atoms with Gasteiger partial charge in [0, 0.05) is 19.3 Å². The van der Waals surface area contributed by atoms with Crippen LogP contribution in [0.5, 0.6) is 0 Å². The van der Waals surface area contributed by atoms with Crippen LogP contribution in [0.1, 0.15) is 290 Å². The normalized spacial score (nSPS) is 11.5. The molecule has 0 aromatic carbocycles. The lowest BCUT2D eigenvalue weighted by Gasteiger charge is -2.19. The highest BCUT2D eigenvalue weighted by molar-refractivity contribution is 6.10. The molecule has 4 nitrogen and oxygen atoms in total. The zero-order valence-corrected chi connectivity index (χ0v) is 37.0. The van der Waals surface area contributed by atoms with Crippen molar-refractivity contribution in [2.45, 2.75) is 290 Å². The van der Waals surface area contributed by atoms with Gasteiger partial charge in [-0.2, -0.15) is 0 Å². The number of rotatable bonds is 43. The molecule has 4 heteroatoms. The van der Waals surface area contributed by atoms with Gasteiger partial charge in [0.1, 0.15) is 0 Å².